The van der Waals surface area contributed by atoms with Crippen molar-refractivity contribution in [3.63, 3.8) is 0 Å². The molecule has 1 aliphatic rings. The second kappa shape index (κ2) is 8.02. The molecule has 1 unspecified atom stereocenters. The largest absolute Gasteiger partial charge is 0.490 e. The number of hydrogen-bond acceptors (Lipinski definition) is 6. The van der Waals surface area contributed by atoms with Gasteiger partial charge in [0.1, 0.15) is 29.6 Å². The molecule has 0 bridgehead atoms. The Labute approximate surface area is 183 Å². The molecule has 3 aromatic rings. The lowest BCUT2D eigenvalue weighted by atomic mass is 10.0. The molecule has 1 saturated carbocycles. The second-order valence-electron chi connectivity index (χ2n) is 7.75. The van der Waals surface area contributed by atoms with Crippen molar-refractivity contribution in [1.82, 2.24) is 9.38 Å². The molecule has 6 nitrogen and oxygen atoms in total. The standard InChI is InChI=1S/C22H22F2N4O2S/c1-29-20-5-3-4-19-27-11-16(28(19)20)14-8-17(15(10-25)18(9-14)31-2)30-13-21(26)6-7-22(23,24)12-21/h3-5,8-9,11H,6-7,12-13,26H2,1-2H3. The van der Waals surface area contributed by atoms with E-state index in [0.29, 0.717) is 27.7 Å². The van der Waals surface area contributed by atoms with Gasteiger partial charge in [0.15, 0.2) is 5.88 Å². The number of rotatable bonds is 6. The van der Waals surface area contributed by atoms with Crippen LogP contribution in [0.3, 0.4) is 0 Å². The fourth-order valence-corrected chi connectivity index (χ4v) is 4.56. The quantitative estimate of drug-likeness (QED) is 0.564. The van der Waals surface area contributed by atoms with Gasteiger partial charge in [-0.1, -0.05) is 6.07 Å². The summed E-state index contributed by atoms with van der Waals surface area (Å²) in [5, 5.41) is 9.71. The maximum absolute atomic E-state index is 13.7. The molecular formula is C22H22F2N4O2S. The zero-order valence-corrected chi connectivity index (χ0v) is 18.0. The Bertz CT molecular complexity index is 1170. The van der Waals surface area contributed by atoms with E-state index in [1.807, 2.05) is 34.9 Å². The number of thioether (sulfide) groups is 1. The van der Waals surface area contributed by atoms with Gasteiger partial charge in [-0.25, -0.2) is 13.8 Å². The number of nitrogens with two attached hydrogens (primary N) is 1. The Kier molecular flexibility index (Phi) is 5.54. The monoisotopic (exact) mass is 444 g/mol. The van der Waals surface area contributed by atoms with E-state index in [9.17, 15) is 14.0 Å². The maximum atomic E-state index is 13.7. The van der Waals surface area contributed by atoms with Crippen molar-refractivity contribution in [1.29, 1.82) is 5.26 Å². The summed E-state index contributed by atoms with van der Waals surface area (Å²) < 4.78 is 40.6. The fourth-order valence-electron chi connectivity index (χ4n) is 3.96. The third kappa shape index (κ3) is 4.05. The van der Waals surface area contributed by atoms with E-state index in [0.717, 1.165) is 11.3 Å². The van der Waals surface area contributed by atoms with E-state index >= 15 is 0 Å². The molecule has 162 valence electrons. The van der Waals surface area contributed by atoms with E-state index in [2.05, 4.69) is 11.1 Å². The number of hydrogen-bond donors (Lipinski definition) is 1. The van der Waals surface area contributed by atoms with E-state index in [4.69, 9.17) is 15.2 Å². The van der Waals surface area contributed by atoms with Crippen molar-refractivity contribution in [3.05, 3.63) is 42.1 Å². The summed E-state index contributed by atoms with van der Waals surface area (Å²) in [5.41, 5.74) is 7.62. The molecule has 1 fully saturated rings. The number of pyridine rings is 1. The van der Waals surface area contributed by atoms with Crippen LogP contribution in [0.4, 0.5) is 8.78 Å². The van der Waals surface area contributed by atoms with Crippen LogP contribution in [-0.2, 0) is 0 Å². The van der Waals surface area contributed by atoms with Gasteiger partial charge in [-0.3, -0.25) is 4.40 Å². The van der Waals surface area contributed by atoms with Gasteiger partial charge in [-0.15, -0.1) is 11.8 Å². The third-order valence-electron chi connectivity index (χ3n) is 5.51. The highest BCUT2D eigenvalue weighted by molar-refractivity contribution is 7.98. The molecule has 4 rings (SSSR count). The van der Waals surface area contributed by atoms with Crippen LogP contribution in [0.25, 0.3) is 16.9 Å². The summed E-state index contributed by atoms with van der Waals surface area (Å²) in [4.78, 5) is 5.15. The summed E-state index contributed by atoms with van der Waals surface area (Å²) in [7, 11) is 1.58. The molecule has 0 aliphatic heterocycles. The molecule has 0 saturated heterocycles. The topological polar surface area (TPSA) is 85.6 Å². The second-order valence-corrected chi connectivity index (χ2v) is 8.60. The smallest absolute Gasteiger partial charge is 0.250 e. The van der Waals surface area contributed by atoms with Crippen molar-refractivity contribution in [2.24, 2.45) is 5.73 Å². The SMILES string of the molecule is COc1cccc2ncc(-c3cc(OCC4(N)CCC(F)(F)C4)c(C#N)c(SC)c3)n12. The Morgan fingerprint density at radius 3 is 2.77 bits per heavy atom. The highest BCUT2D eigenvalue weighted by Gasteiger charge is 2.47. The zero-order valence-electron chi connectivity index (χ0n) is 17.2. The fraction of sp³-hybridized carbons (Fsp3) is 0.364. The van der Waals surface area contributed by atoms with E-state index in [1.54, 1.807) is 19.4 Å². The molecule has 2 N–H and O–H groups in total. The number of fused-ring (bicyclic) bond motifs is 1. The van der Waals surface area contributed by atoms with E-state index in [-0.39, 0.29) is 19.4 Å². The number of nitriles is 1. The lowest BCUT2D eigenvalue weighted by Gasteiger charge is -2.24. The number of nitrogens with zero attached hydrogens (tertiary/aromatic N) is 3. The lowest BCUT2D eigenvalue weighted by molar-refractivity contribution is 0.000376. The Balaban J connectivity index is 1.76. The van der Waals surface area contributed by atoms with Gasteiger partial charge in [-0.05, 0) is 36.9 Å². The van der Waals surface area contributed by atoms with Crippen LogP contribution in [0, 0.1) is 11.3 Å². The number of halogens is 2. The van der Waals surface area contributed by atoms with Gasteiger partial charge >= 0.3 is 0 Å². The molecule has 31 heavy (non-hydrogen) atoms. The average Bonchev–Trinajstić information content (AvgIpc) is 3.31. The Morgan fingerprint density at radius 2 is 2.13 bits per heavy atom. The number of methoxy groups -OCH3 is 1. The van der Waals surface area contributed by atoms with Crippen LogP contribution in [0.15, 0.2) is 41.4 Å². The summed E-state index contributed by atoms with van der Waals surface area (Å²) >= 11 is 1.40. The predicted molar refractivity (Wildman–Crippen MR) is 115 cm³/mol. The molecule has 0 amide bonds. The first-order valence-electron chi connectivity index (χ1n) is 9.72. The van der Waals surface area contributed by atoms with Crippen LogP contribution in [0.1, 0.15) is 24.8 Å². The summed E-state index contributed by atoms with van der Waals surface area (Å²) in [6, 6.07) is 11.3. The average molecular weight is 445 g/mol. The van der Waals surface area contributed by atoms with Crippen molar-refractivity contribution < 1.29 is 18.3 Å². The van der Waals surface area contributed by atoms with Crippen LogP contribution in [0.5, 0.6) is 11.6 Å². The molecule has 0 radical (unpaired) electrons. The number of imidazole rings is 1. The molecule has 1 atom stereocenters. The van der Waals surface area contributed by atoms with E-state index < -0.39 is 17.9 Å². The third-order valence-corrected chi connectivity index (χ3v) is 6.27. The lowest BCUT2D eigenvalue weighted by Crippen LogP contribution is -2.44. The minimum absolute atomic E-state index is 0.0922. The highest BCUT2D eigenvalue weighted by atomic mass is 32.2. The van der Waals surface area contributed by atoms with E-state index in [1.165, 1.54) is 11.8 Å². The summed E-state index contributed by atoms with van der Waals surface area (Å²) in [6.07, 6.45) is 3.06. The molecule has 9 heteroatoms. The summed E-state index contributed by atoms with van der Waals surface area (Å²) in [5.74, 6) is -1.86. The van der Waals surface area contributed by atoms with Crippen LogP contribution >= 0.6 is 11.8 Å². The number of ether oxygens (including phenoxy) is 2. The predicted octanol–water partition coefficient (Wildman–Crippen LogP) is 4.50. The van der Waals surface area contributed by atoms with Crippen molar-refractivity contribution in [3.8, 4) is 29.0 Å². The zero-order chi connectivity index (χ0) is 22.2. The molecular weight excluding hydrogens is 422 g/mol. The minimum Gasteiger partial charge on any atom is -0.490 e. The van der Waals surface area contributed by atoms with Crippen molar-refractivity contribution in [2.75, 3.05) is 20.0 Å². The van der Waals surface area contributed by atoms with Gasteiger partial charge in [0, 0.05) is 23.3 Å². The van der Waals surface area contributed by atoms with Gasteiger partial charge in [0.05, 0.1) is 24.5 Å². The number of benzene rings is 1. The normalized spacial score (nSPS) is 20.0. The molecule has 1 aliphatic carbocycles. The van der Waals surface area contributed by atoms with Gasteiger partial charge < -0.3 is 15.2 Å². The number of aromatic nitrogens is 2. The summed E-state index contributed by atoms with van der Waals surface area (Å²) in [6.45, 7) is -0.0922. The highest BCUT2D eigenvalue weighted by Crippen LogP contribution is 2.41. The van der Waals surface area contributed by atoms with Gasteiger partial charge in [0.2, 0.25) is 5.92 Å². The Hall–Kier alpha value is -2.83. The minimum atomic E-state index is -2.78. The van der Waals surface area contributed by atoms with Crippen LogP contribution in [0.2, 0.25) is 0 Å². The molecule has 2 aromatic heterocycles. The molecule has 1 aromatic carbocycles. The first kappa shape index (κ1) is 21.4. The molecule has 0 spiro atoms. The van der Waals surface area contributed by atoms with Gasteiger partial charge in [0.25, 0.3) is 0 Å². The van der Waals surface area contributed by atoms with Crippen molar-refractivity contribution in [2.45, 2.75) is 35.6 Å². The maximum Gasteiger partial charge on any atom is 0.250 e. The van der Waals surface area contributed by atoms with Crippen molar-refractivity contribution >= 4 is 17.4 Å². The van der Waals surface area contributed by atoms with Crippen LogP contribution < -0.4 is 15.2 Å². The van der Waals surface area contributed by atoms with Crippen LogP contribution in [-0.4, -0.2) is 40.8 Å². The first-order valence-corrected chi connectivity index (χ1v) is 10.9. The van der Waals surface area contributed by atoms with Gasteiger partial charge in [-0.2, -0.15) is 5.26 Å². The number of alkyl halides is 2. The first-order chi connectivity index (χ1) is 14.8. The Morgan fingerprint density at radius 1 is 1.32 bits per heavy atom. The molecule has 2 heterocycles.